The summed E-state index contributed by atoms with van der Waals surface area (Å²) < 4.78 is 58.9. The van der Waals surface area contributed by atoms with Gasteiger partial charge in [0.2, 0.25) is 15.9 Å². The van der Waals surface area contributed by atoms with Crippen molar-refractivity contribution in [2.24, 2.45) is 5.92 Å². The van der Waals surface area contributed by atoms with E-state index >= 15 is 0 Å². The minimum Gasteiger partial charge on any atom is -0.494 e. The number of anilines is 1. The van der Waals surface area contributed by atoms with E-state index in [1.165, 1.54) is 22.5 Å². The predicted octanol–water partition coefficient (Wildman–Crippen LogP) is 5.13. The minimum atomic E-state index is -3.96. The number of piperidine rings is 1. The van der Waals surface area contributed by atoms with Gasteiger partial charge in [0.1, 0.15) is 23.0 Å². The van der Waals surface area contributed by atoms with Gasteiger partial charge in [0, 0.05) is 30.6 Å². The third-order valence-corrected chi connectivity index (χ3v) is 8.45. The van der Waals surface area contributed by atoms with Crippen LogP contribution in [0.2, 0.25) is 0 Å². The number of hydrogen-bond acceptors (Lipinski definition) is 7. The van der Waals surface area contributed by atoms with Crippen LogP contribution in [0.15, 0.2) is 51.9 Å². The fourth-order valence-corrected chi connectivity index (χ4v) is 6.16. The Balaban J connectivity index is 1.45. The van der Waals surface area contributed by atoms with Crippen LogP contribution in [0.1, 0.15) is 43.7 Å². The van der Waals surface area contributed by atoms with Crippen molar-refractivity contribution in [3.8, 4) is 11.5 Å². The maximum atomic E-state index is 14.0. The first-order valence-corrected chi connectivity index (χ1v) is 14.3. The van der Waals surface area contributed by atoms with Gasteiger partial charge in [-0.2, -0.15) is 4.31 Å². The Morgan fingerprint density at radius 3 is 2.54 bits per heavy atom. The molecule has 11 heteroatoms. The van der Waals surface area contributed by atoms with E-state index in [9.17, 15) is 17.6 Å². The molecule has 0 aliphatic carbocycles. The molecule has 0 spiro atoms. The molecule has 208 valence electrons. The van der Waals surface area contributed by atoms with Crippen LogP contribution in [0.25, 0.3) is 12.2 Å². The second kappa shape index (κ2) is 12.4. The molecule has 39 heavy (non-hydrogen) atoms. The molecule has 1 aliphatic rings. The van der Waals surface area contributed by atoms with Crippen LogP contribution in [0.4, 0.5) is 10.1 Å². The van der Waals surface area contributed by atoms with Crippen molar-refractivity contribution in [1.82, 2.24) is 9.46 Å². The van der Waals surface area contributed by atoms with Crippen molar-refractivity contribution in [1.29, 1.82) is 0 Å². The standard InChI is InChI=1S/C28H32FN3O6S/c1-4-36-22-11-13-25(37-5-2)24(18-22)30-28(33)21-14-16-32(17-15-21)39(34,35)27-19(3)31-38-26(27)12-10-20-8-6-7-9-23(20)29/h6-13,18,21H,4-5,14-17H2,1-3H3,(H,30,33)/b12-10+. The largest absolute Gasteiger partial charge is 0.494 e. The summed E-state index contributed by atoms with van der Waals surface area (Å²) >= 11 is 0. The van der Waals surface area contributed by atoms with Gasteiger partial charge in [0.15, 0.2) is 10.7 Å². The Bertz CT molecular complexity index is 1450. The number of nitrogens with zero attached hydrogens (tertiary/aromatic N) is 2. The average Bonchev–Trinajstić information content (AvgIpc) is 3.31. The van der Waals surface area contributed by atoms with Crippen LogP contribution in [-0.4, -0.2) is 50.1 Å². The molecule has 0 bridgehead atoms. The third-order valence-electron chi connectivity index (χ3n) is 6.40. The zero-order valence-corrected chi connectivity index (χ0v) is 23.0. The maximum Gasteiger partial charge on any atom is 0.248 e. The predicted molar refractivity (Wildman–Crippen MR) is 145 cm³/mol. The summed E-state index contributed by atoms with van der Waals surface area (Å²) in [7, 11) is -3.96. The first kappa shape index (κ1) is 28.3. The highest BCUT2D eigenvalue weighted by Gasteiger charge is 2.36. The topological polar surface area (TPSA) is 111 Å². The highest BCUT2D eigenvalue weighted by molar-refractivity contribution is 7.89. The summed E-state index contributed by atoms with van der Waals surface area (Å²) in [5.41, 5.74) is 1.01. The molecule has 1 N–H and O–H groups in total. The molecule has 4 rings (SSSR count). The van der Waals surface area contributed by atoms with Gasteiger partial charge in [0.05, 0.1) is 18.9 Å². The molecule has 0 radical (unpaired) electrons. The molecular weight excluding hydrogens is 525 g/mol. The van der Waals surface area contributed by atoms with E-state index in [1.807, 2.05) is 13.8 Å². The molecule has 0 atom stereocenters. The first-order chi connectivity index (χ1) is 18.7. The summed E-state index contributed by atoms with van der Waals surface area (Å²) in [4.78, 5) is 13.0. The maximum absolute atomic E-state index is 14.0. The van der Waals surface area contributed by atoms with Gasteiger partial charge in [-0.1, -0.05) is 23.4 Å². The summed E-state index contributed by atoms with van der Waals surface area (Å²) in [6.07, 6.45) is 3.52. The fraction of sp³-hybridized carbons (Fsp3) is 0.357. The number of carbonyl (C=O) groups is 1. The molecule has 1 fully saturated rings. The van der Waals surface area contributed by atoms with Gasteiger partial charge in [-0.25, -0.2) is 12.8 Å². The molecule has 1 saturated heterocycles. The lowest BCUT2D eigenvalue weighted by Crippen LogP contribution is -2.41. The zero-order valence-electron chi connectivity index (χ0n) is 22.1. The molecule has 2 aromatic carbocycles. The van der Waals surface area contributed by atoms with E-state index in [0.29, 0.717) is 48.8 Å². The number of sulfonamides is 1. The van der Waals surface area contributed by atoms with Crippen LogP contribution < -0.4 is 14.8 Å². The number of aryl methyl sites for hydroxylation is 1. The van der Waals surface area contributed by atoms with Gasteiger partial charge in [-0.3, -0.25) is 4.79 Å². The van der Waals surface area contributed by atoms with Crippen molar-refractivity contribution in [2.45, 2.75) is 38.5 Å². The molecule has 1 aliphatic heterocycles. The van der Waals surface area contributed by atoms with Crippen molar-refractivity contribution in [3.05, 3.63) is 65.3 Å². The Hall–Kier alpha value is -3.70. The zero-order chi connectivity index (χ0) is 28.0. The summed E-state index contributed by atoms with van der Waals surface area (Å²) in [6, 6.07) is 11.4. The quantitative estimate of drug-likeness (QED) is 0.368. The SMILES string of the molecule is CCOc1ccc(OCC)c(NC(=O)C2CCN(S(=O)(=O)c3c(C)noc3/C=C/c3ccccc3F)CC2)c1. The first-order valence-electron chi connectivity index (χ1n) is 12.8. The number of aromatic nitrogens is 1. The van der Waals surface area contributed by atoms with Crippen LogP contribution in [-0.2, 0) is 14.8 Å². The second-order valence-electron chi connectivity index (χ2n) is 9.01. The lowest BCUT2D eigenvalue weighted by atomic mass is 9.97. The smallest absolute Gasteiger partial charge is 0.248 e. The number of amides is 1. The number of nitrogens with one attached hydrogen (secondary N) is 1. The number of ether oxygens (including phenoxy) is 2. The fourth-order valence-electron chi connectivity index (χ4n) is 4.44. The number of hydrogen-bond donors (Lipinski definition) is 1. The summed E-state index contributed by atoms with van der Waals surface area (Å²) in [5.74, 6) is 0.136. The molecule has 2 heterocycles. The van der Waals surface area contributed by atoms with E-state index in [4.69, 9.17) is 14.0 Å². The molecule has 1 aromatic heterocycles. The van der Waals surface area contributed by atoms with Gasteiger partial charge >= 0.3 is 0 Å². The van der Waals surface area contributed by atoms with Crippen LogP contribution in [0.5, 0.6) is 11.5 Å². The van der Waals surface area contributed by atoms with Crippen molar-refractivity contribution < 1.29 is 31.6 Å². The second-order valence-corrected chi connectivity index (χ2v) is 10.9. The number of carbonyl (C=O) groups excluding carboxylic acids is 1. The van der Waals surface area contributed by atoms with Gasteiger partial charge < -0.3 is 19.3 Å². The lowest BCUT2D eigenvalue weighted by Gasteiger charge is -2.30. The highest BCUT2D eigenvalue weighted by atomic mass is 32.2. The lowest BCUT2D eigenvalue weighted by molar-refractivity contribution is -0.120. The Labute approximate surface area is 227 Å². The van der Waals surface area contributed by atoms with E-state index < -0.39 is 15.8 Å². The van der Waals surface area contributed by atoms with Crippen molar-refractivity contribution in [2.75, 3.05) is 31.6 Å². The van der Waals surface area contributed by atoms with Crippen LogP contribution in [0.3, 0.4) is 0 Å². The van der Waals surface area contributed by atoms with E-state index in [0.717, 1.165) is 0 Å². The van der Waals surface area contributed by atoms with Gasteiger partial charge in [-0.15, -0.1) is 0 Å². The summed E-state index contributed by atoms with van der Waals surface area (Å²) in [5, 5.41) is 6.76. The molecule has 9 nitrogen and oxygen atoms in total. The van der Waals surface area contributed by atoms with Crippen molar-refractivity contribution >= 4 is 33.8 Å². The Morgan fingerprint density at radius 2 is 1.85 bits per heavy atom. The minimum absolute atomic E-state index is 0.0215. The van der Waals surface area contributed by atoms with Crippen molar-refractivity contribution in [3.63, 3.8) is 0 Å². The average molecular weight is 558 g/mol. The monoisotopic (exact) mass is 557 g/mol. The number of halogens is 1. The van der Waals surface area contributed by atoms with Gasteiger partial charge in [0.25, 0.3) is 0 Å². The third kappa shape index (κ3) is 6.48. The number of rotatable bonds is 10. The van der Waals surface area contributed by atoms with Gasteiger partial charge in [-0.05, 0) is 64.0 Å². The van der Waals surface area contributed by atoms with Crippen LogP contribution in [0, 0.1) is 18.7 Å². The van der Waals surface area contributed by atoms with E-state index in [-0.39, 0.29) is 41.3 Å². The molecular formula is C28H32FN3O6S. The molecule has 0 saturated carbocycles. The normalized spacial score (nSPS) is 15.0. The van der Waals surface area contributed by atoms with E-state index in [1.54, 1.807) is 43.3 Å². The Kier molecular flexibility index (Phi) is 9.03. The summed E-state index contributed by atoms with van der Waals surface area (Å²) in [6.45, 7) is 6.50. The highest BCUT2D eigenvalue weighted by Crippen LogP contribution is 2.32. The molecule has 1 amide bonds. The molecule has 3 aromatic rings. The Morgan fingerprint density at radius 1 is 1.13 bits per heavy atom. The van der Waals surface area contributed by atoms with Crippen LogP contribution >= 0.6 is 0 Å². The molecule has 0 unspecified atom stereocenters. The number of benzene rings is 2. The van der Waals surface area contributed by atoms with E-state index in [2.05, 4.69) is 10.5 Å².